The smallest absolute Gasteiger partial charge is 0.0400 e. The molecule has 4 aromatic carbocycles. The zero-order chi connectivity index (χ0) is 19.7. The van der Waals surface area contributed by atoms with Crippen molar-refractivity contribution >= 4 is 11.4 Å². The zero-order valence-electron chi connectivity index (χ0n) is 16.2. The summed E-state index contributed by atoms with van der Waals surface area (Å²) in [7, 11) is 0. The van der Waals surface area contributed by atoms with Crippen molar-refractivity contribution in [1.29, 1.82) is 0 Å². The molecule has 138 valence electrons. The number of rotatable bonds is 3. The Kier molecular flexibility index (Phi) is 4.62. The summed E-state index contributed by atoms with van der Waals surface area (Å²) in [6, 6.07) is 29.2. The molecule has 4 N–H and O–H groups in total. The van der Waals surface area contributed by atoms with Gasteiger partial charge in [-0.2, -0.15) is 0 Å². The van der Waals surface area contributed by atoms with E-state index in [2.05, 4.69) is 80.6 Å². The molecule has 0 radical (unpaired) electrons. The Labute approximate surface area is 166 Å². The number of aryl methyl sites for hydroxylation is 2. The molecule has 0 unspecified atom stereocenters. The van der Waals surface area contributed by atoms with Crippen LogP contribution < -0.4 is 11.5 Å². The van der Waals surface area contributed by atoms with E-state index in [9.17, 15) is 0 Å². The molecule has 0 atom stereocenters. The second-order valence-electron chi connectivity index (χ2n) is 7.31. The van der Waals surface area contributed by atoms with Crippen molar-refractivity contribution in [3.05, 3.63) is 96.1 Å². The highest BCUT2D eigenvalue weighted by Gasteiger charge is 2.17. The molecule has 0 spiro atoms. The molecular weight excluding hydrogens is 340 g/mol. The van der Waals surface area contributed by atoms with E-state index < -0.39 is 0 Å². The van der Waals surface area contributed by atoms with E-state index in [0.717, 1.165) is 44.8 Å². The minimum atomic E-state index is 0.759. The Morgan fingerprint density at radius 3 is 1.68 bits per heavy atom. The Bertz CT molecular complexity index is 1140. The molecule has 0 saturated heterocycles. The summed E-state index contributed by atoms with van der Waals surface area (Å²) in [6.45, 7) is 4.22. The van der Waals surface area contributed by atoms with Gasteiger partial charge in [0.2, 0.25) is 0 Å². The molecule has 0 aliphatic heterocycles. The third-order valence-electron chi connectivity index (χ3n) is 5.07. The molecule has 4 aromatic rings. The van der Waals surface area contributed by atoms with Gasteiger partial charge in [0, 0.05) is 16.9 Å². The number of hydrogen-bond donors (Lipinski definition) is 2. The van der Waals surface area contributed by atoms with Gasteiger partial charge >= 0.3 is 0 Å². The normalized spacial score (nSPS) is 10.8. The molecule has 0 amide bonds. The van der Waals surface area contributed by atoms with Crippen molar-refractivity contribution in [2.75, 3.05) is 11.5 Å². The highest BCUT2D eigenvalue weighted by molar-refractivity contribution is 5.99. The van der Waals surface area contributed by atoms with Crippen molar-refractivity contribution in [3.8, 4) is 33.4 Å². The molecule has 4 rings (SSSR count). The van der Waals surface area contributed by atoms with E-state index in [4.69, 9.17) is 11.5 Å². The van der Waals surface area contributed by atoms with Crippen LogP contribution in [0.5, 0.6) is 0 Å². The van der Waals surface area contributed by atoms with Crippen molar-refractivity contribution < 1.29 is 0 Å². The summed E-state index contributed by atoms with van der Waals surface area (Å²) in [5.74, 6) is 0. The Morgan fingerprint density at radius 2 is 1.11 bits per heavy atom. The first-order chi connectivity index (χ1) is 13.5. The van der Waals surface area contributed by atoms with Crippen LogP contribution in [0.15, 0.2) is 84.9 Å². The molecule has 0 aromatic heterocycles. The average molecular weight is 364 g/mol. The molecule has 28 heavy (non-hydrogen) atoms. The van der Waals surface area contributed by atoms with Gasteiger partial charge in [0.25, 0.3) is 0 Å². The molecule has 0 bridgehead atoms. The predicted octanol–water partition coefficient (Wildman–Crippen LogP) is 6.47. The summed E-state index contributed by atoms with van der Waals surface area (Å²) in [5.41, 5.74) is 23.2. The molecule has 0 saturated carbocycles. The lowest BCUT2D eigenvalue weighted by Gasteiger charge is -2.19. The summed E-state index contributed by atoms with van der Waals surface area (Å²) in [5, 5.41) is 0. The number of nitrogens with two attached hydrogens (primary N) is 2. The van der Waals surface area contributed by atoms with Crippen LogP contribution in [0.4, 0.5) is 11.4 Å². The van der Waals surface area contributed by atoms with Gasteiger partial charge < -0.3 is 11.5 Å². The third-order valence-corrected chi connectivity index (χ3v) is 5.07. The summed E-state index contributed by atoms with van der Waals surface area (Å²) in [6.07, 6.45) is 0. The zero-order valence-corrected chi connectivity index (χ0v) is 16.2. The van der Waals surface area contributed by atoms with Crippen LogP contribution in [-0.2, 0) is 0 Å². The van der Waals surface area contributed by atoms with Gasteiger partial charge in [0.1, 0.15) is 0 Å². The molecule has 2 heteroatoms. The van der Waals surface area contributed by atoms with Gasteiger partial charge in [-0.15, -0.1) is 0 Å². The molecule has 0 aliphatic rings. The number of nitrogen functional groups attached to an aromatic ring is 2. The Hall–Kier alpha value is -3.52. The van der Waals surface area contributed by atoms with Gasteiger partial charge in [-0.25, -0.2) is 0 Å². The fraction of sp³-hybridized carbons (Fsp3) is 0.0769. The maximum atomic E-state index is 6.53. The number of anilines is 2. The van der Waals surface area contributed by atoms with E-state index in [1.807, 2.05) is 18.2 Å². The first kappa shape index (κ1) is 17.9. The Balaban J connectivity index is 2.08. The molecule has 2 nitrogen and oxygen atoms in total. The summed E-state index contributed by atoms with van der Waals surface area (Å²) < 4.78 is 0. The molecule has 0 fully saturated rings. The number of hydrogen-bond acceptors (Lipinski definition) is 2. The first-order valence-electron chi connectivity index (χ1n) is 9.45. The predicted molar refractivity (Wildman–Crippen MR) is 121 cm³/mol. The highest BCUT2D eigenvalue weighted by atomic mass is 14.6. The van der Waals surface area contributed by atoms with E-state index in [1.165, 1.54) is 11.1 Å². The van der Waals surface area contributed by atoms with Crippen LogP contribution in [0.2, 0.25) is 0 Å². The second-order valence-corrected chi connectivity index (χ2v) is 7.31. The van der Waals surface area contributed by atoms with Crippen molar-refractivity contribution in [2.24, 2.45) is 0 Å². The van der Waals surface area contributed by atoms with Gasteiger partial charge in [-0.05, 0) is 59.9 Å². The lowest BCUT2D eigenvalue weighted by atomic mass is 9.86. The van der Waals surface area contributed by atoms with E-state index in [0.29, 0.717) is 0 Å². The largest absolute Gasteiger partial charge is 0.399 e. The second kappa shape index (κ2) is 7.24. The first-order valence-corrected chi connectivity index (χ1v) is 9.45. The standard InChI is InChI=1S/C26H24N2/c1-17-5-3-7-20(15-17)25-23(19-9-11-22(27)12-10-19)13-14-24(28)26(25)21-8-4-6-18(2)16-21/h3-16H,27-28H2,1-2H3. The Morgan fingerprint density at radius 1 is 0.536 bits per heavy atom. The summed E-state index contributed by atoms with van der Waals surface area (Å²) in [4.78, 5) is 0. The van der Waals surface area contributed by atoms with Crippen LogP contribution in [0, 0.1) is 13.8 Å². The fourth-order valence-corrected chi connectivity index (χ4v) is 3.73. The van der Waals surface area contributed by atoms with Crippen LogP contribution >= 0.6 is 0 Å². The maximum absolute atomic E-state index is 6.53. The third kappa shape index (κ3) is 3.37. The molecule has 0 aliphatic carbocycles. The van der Waals surface area contributed by atoms with Crippen LogP contribution in [0.25, 0.3) is 33.4 Å². The molecule has 0 heterocycles. The van der Waals surface area contributed by atoms with Crippen molar-refractivity contribution in [2.45, 2.75) is 13.8 Å². The monoisotopic (exact) mass is 364 g/mol. The lowest BCUT2D eigenvalue weighted by Crippen LogP contribution is -1.97. The van der Waals surface area contributed by atoms with Gasteiger partial charge in [0.05, 0.1) is 0 Å². The minimum Gasteiger partial charge on any atom is -0.399 e. The van der Waals surface area contributed by atoms with Gasteiger partial charge in [0.15, 0.2) is 0 Å². The van der Waals surface area contributed by atoms with E-state index >= 15 is 0 Å². The quantitative estimate of drug-likeness (QED) is 0.409. The van der Waals surface area contributed by atoms with E-state index in [-0.39, 0.29) is 0 Å². The lowest BCUT2D eigenvalue weighted by molar-refractivity contribution is 1.45. The SMILES string of the molecule is Cc1cccc(-c2c(N)ccc(-c3ccc(N)cc3)c2-c2cccc(C)c2)c1. The van der Waals surface area contributed by atoms with Crippen LogP contribution in [0.3, 0.4) is 0 Å². The minimum absolute atomic E-state index is 0.759. The average Bonchev–Trinajstić information content (AvgIpc) is 2.68. The topological polar surface area (TPSA) is 52.0 Å². The fourth-order valence-electron chi connectivity index (χ4n) is 3.73. The van der Waals surface area contributed by atoms with Gasteiger partial charge in [-0.3, -0.25) is 0 Å². The number of benzene rings is 4. The van der Waals surface area contributed by atoms with Crippen LogP contribution in [-0.4, -0.2) is 0 Å². The maximum Gasteiger partial charge on any atom is 0.0400 e. The summed E-state index contributed by atoms with van der Waals surface area (Å²) >= 11 is 0. The van der Waals surface area contributed by atoms with Crippen molar-refractivity contribution in [1.82, 2.24) is 0 Å². The van der Waals surface area contributed by atoms with Gasteiger partial charge in [-0.1, -0.05) is 77.9 Å². The van der Waals surface area contributed by atoms with Crippen molar-refractivity contribution in [3.63, 3.8) is 0 Å². The van der Waals surface area contributed by atoms with E-state index in [1.54, 1.807) is 0 Å². The molecular formula is C26H24N2. The highest BCUT2D eigenvalue weighted by Crippen LogP contribution is 2.43. The van der Waals surface area contributed by atoms with Crippen LogP contribution in [0.1, 0.15) is 11.1 Å².